The molecule has 7 rings (SSSR count). The molecule has 2 aromatic carbocycles. The number of halogens is 2. The lowest BCUT2D eigenvalue weighted by atomic mass is 9.82. The van der Waals surface area contributed by atoms with Gasteiger partial charge < -0.3 is 39.0 Å². The van der Waals surface area contributed by atoms with Gasteiger partial charge in [0.05, 0.1) is 30.5 Å². The maximum Gasteiger partial charge on any atom is 0.586 e. The second kappa shape index (κ2) is 10.8. The molecule has 1 saturated heterocycles. The Kier molecular flexibility index (Phi) is 6.95. The van der Waals surface area contributed by atoms with Gasteiger partial charge in [0.2, 0.25) is 5.91 Å². The van der Waals surface area contributed by atoms with Gasteiger partial charge in [0.25, 0.3) is 5.91 Å². The van der Waals surface area contributed by atoms with Gasteiger partial charge in [0, 0.05) is 49.0 Å². The highest BCUT2D eigenvalue weighted by molar-refractivity contribution is 5.94. The minimum absolute atomic E-state index is 0.0113. The summed E-state index contributed by atoms with van der Waals surface area (Å²) in [5.74, 6) is 0.485. The topological polar surface area (TPSA) is 129 Å². The predicted octanol–water partition coefficient (Wildman–Crippen LogP) is 4.04. The average molecular weight is 624 g/mol. The number of alkyl halides is 2. The Morgan fingerprint density at radius 1 is 1.04 bits per heavy atom. The molecule has 45 heavy (non-hydrogen) atoms. The van der Waals surface area contributed by atoms with Gasteiger partial charge in [-0.25, -0.2) is 0 Å². The smallest absolute Gasteiger partial charge is 0.497 e. The molecule has 0 bridgehead atoms. The van der Waals surface area contributed by atoms with Crippen LogP contribution in [0.3, 0.4) is 0 Å². The van der Waals surface area contributed by atoms with Gasteiger partial charge in [-0.3, -0.25) is 14.6 Å². The summed E-state index contributed by atoms with van der Waals surface area (Å²) in [5.41, 5.74) is 0.930. The van der Waals surface area contributed by atoms with Crippen LogP contribution in [0, 0.1) is 0 Å². The third kappa shape index (κ3) is 5.24. The van der Waals surface area contributed by atoms with Crippen LogP contribution in [0.1, 0.15) is 65.5 Å². The summed E-state index contributed by atoms with van der Waals surface area (Å²) in [6.07, 6.45) is -1.83. The fourth-order valence-corrected chi connectivity index (χ4v) is 6.20. The van der Waals surface area contributed by atoms with E-state index in [1.165, 1.54) is 18.3 Å². The number of nitrogens with one attached hydrogen (secondary N) is 1. The van der Waals surface area contributed by atoms with E-state index in [0.29, 0.717) is 60.7 Å². The van der Waals surface area contributed by atoms with Crippen molar-refractivity contribution in [1.29, 1.82) is 0 Å². The number of aliphatic hydroxyl groups excluding tert-OH is 1. The van der Waals surface area contributed by atoms with Crippen molar-refractivity contribution < 1.29 is 47.2 Å². The van der Waals surface area contributed by atoms with Gasteiger partial charge in [-0.15, -0.1) is 8.78 Å². The molecule has 2 N–H and O–H groups in total. The number of amides is 2. The molecular weight excluding hydrogens is 592 g/mol. The Morgan fingerprint density at radius 3 is 2.51 bits per heavy atom. The van der Waals surface area contributed by atoms with E-state index in [9.17, 15) is 23.5 Å². The van der Waals surface area contributed by atoms with Crippen LogP contribution in [0.15, 0.2) is 48.7 Å². The van der Waals surface area contributed by atoms with E-state index in [1.807, 2.05) is 6.07 Å². The first-order valence-electron chi connectivity index (χ1n) is 14.7. The number of carbonyl (C=O) groups is 2. The molecule has 1 aromatic heterocycles. The Labute approximate surface area is 257 Å². The zero-order chi connectivity index (χ0) is 31.5. The number of ether oxygens (including phenoxy) is 5. The number of piperidine rings is 1. The predicted molar refractivity (Wildman–Crippen MR) is 153 cm³/mol. The summed E-state index contributed by atoms with van der Waals surface area (Å²) in [6, 6.07) is 10.9. The lowest BCUT2D eigenvalue weighted by molar-refractivity contribution is -0.286. The van der Waals surface area contributed by atoms with Crippen LogP contribution in [0.5, 0.6) is 28.7 Å². The zero-order valence-corrected chi connectivity index (χ0v) is 24.5. The van der Waals surface area contributed by atoms with Crippen molar-refractivity contribution in [2.45, 2.75) is 56.1 Å². The van der Waals surface area contributed by atoms with E-state index in [4.69, 9.17) is 14.2 Å². The number of carbonyl (C=O) groups excluding carboxylic acids is 2. The number of methoxy groups -OCH3 is 1. The summed E-state index contributed by atoms with van der Waals surface area (Å²) in [7, 11) is 1.54. The van der Waals surface area contributed by atoms with Crippen LogP contribution >= 0.6 is 0 Å². The fourth-order valence-electron chi connectivity index (χ4n) is 6.20. The SMILES string of the molecule is COc1ccc2c(c1)O[C@@H](c1ccc(C(=O)N3CCC(O)CC3)cn1)C[C@H]2NC(=O)[C@@]1(C)COc2cc3c(cc21)OC(F)(F)O3. The molecule has 1 fully saturated rings. The number of rotatable bonds is 5. The first-order chi connectivity index (χ1) is 21.5. The van der Waals surface area contributed by atoms with Gasteiger partial charge in [0.1, 0.15) is 35.4 Å². The second-order valence-electron chi connectivity index (χ2n) is 11.9. The molecule has 3 aromatic rings. The molecule has 2 amide bonds. The van der Waals surface area contributed by atoms with E-state index in [0.717, 1.165) is 5.56 Å². The molecule has 0 unspecified atom stereocenters. The molecule has 3 atom stereocenters. The highest BCUT2D eigenvalue weighted by atomic mass is 19.3. The first kappa shape index (κ1) is 29.1. The third-order valence-electron chi connectivity index (χ3n) is 8.85. The monoisotopic (exact) mass is 623 g/mol. The van der Waals surface area contributed by atoms with Gasteiger partial charge in [-0.1, -0.05) is 0 Å². The van der Waals surface area contributed by atoms with Gasteiger partial charge in [-0.05, 0) is 50.1 Å². The van der Waals surface area contributed by atoms with Gasteiger partial charge in [-0.2, -0.15) is 0 Å². The lowest BCUT2D eigenvalue weighted by Gasteiger charge is -2.34. The summed E-state index contributed by atoms with van der Waals surface area (Å²) in [6.45, 7) is 2.64. The number of benzene rings is 2. The van der Waals surface area contributed by atoms with Gasteiger partial charge >= 0.3 is 6.29 Å². The number of fused-ring (bicyclic) bond motifs is 3. The average Bonchev–Trinajstić information content (AvgIpc) is 3.53. The molecule has 4 aliphatic heterocycles. The fraction of sp³-hybridized carbons (Fsp3) is 0.406. The normalized spacial score (nSPS) is 24.6. The van der Waals surface area contributed by atoms with E-state index in [2.05, 4.69) is 19.8 Å². The molecule has 11 nitrogen and oxygen atoms in total. The molecule has 13 heteroatoms. The number of nitrogens with zero attached hydrogens (tertiary/aromatic N) is 2. The number of aromatic nitrogens is 1. The minimum atomic E-state index is -3.80. The third-order valence-corrected chi connectivity index (χ3v) is 8.85. The number of likely N-dealkylation sites (tertiary alicyclic amines) is 1. The van der Waals surface area contributed by atoms with E-state index < -0.39 is 23.9 Å². The first-order valence-corrected chi connectivity index (χ1v) is 14.7. The minimum Gasteiger partial charge on any atom is -0.497 e. The Bertz CT molecular complexity index is 1660. The van der Waals surface area contributed by atoms with E-state index >= 15 is 0 Å². The summed E-state index contributed by atoms with van der Waals surface area (Å²) in [5, 5.41) is 12.9. The Morgan fingerprint density at radius 2 is 1.80 bits per heavy atom. The summed E-state index contributed by atoms with van der Waals surface area (Å²) < 4.78 is 54.0. The van der Waals surface area contributed by atoms with Crippen LogP contribution in [-0.2, 0) is 10.2 Å². The van der Waals surface area contributed by atoms with Crippen LogP contribution < -0.4 is 29.0 Å². The van der Waals surface area contributed by atoms with Crippen molar-refractivity contribution in [2.75, 3.05) is 26.8 Å². The molecule has 5 heterocycles. The number of hydrogen-bond acceptors (Lipinski definition) is 9. The zero-order valence-electron chi connectivity index (χ0n) is 24.5. The van der Waals surface area contributed by atoms with Crippen molar-refractivity contribution in [3.8, 4) is 28.7 Å². The number of pyridine rings is 1. The van der Waals surface area contributed by atoms with Crippen LogP contribution in [0.2, 0.25) is 0 Å². The highest BCUT2D eigenvalue weighted by Gasteiger charge is 2.49. The molecule has 236 valence electrons. The molecule has 0 spiro atoms. The van der Waals surface area contributed by atoms with Crippen LogP contribution in [0.4, 0.5) is 8.78 Å². The molecular formula is C32H31F2N3O8. The highest BCUT2D eigenvalue weighted by Crippen LogP contribution is 2.50. The van der Waals surface area contributed by atoms with E-state index in [1.54, 1.807) is 43.2 Å². The van der Waals surface area contributed by atoms with Crippen molar-refractivity contribution >= 4 is 11.8 Å². The van der Waals surface area contributed by atoms with Gasteiger partial charge in [0.15, 0.2) is 11.5 Å². The Balaban J connectivity index is 1.13. The second-order valence-corrected chi connectivity index (χ2v) is 11.9. The summed E-state index contributed by atoms with van der Waals surface area (Å²) in [4.78, 5) is 33.2. The molecule has 0 saturated carbocycles. The van der Waals surface area contributed by atoms with Crippen molar-refractivity contribution in [1.82, 2.24) is 15.2 Å². The molecule has 4 aliphatic rings. The molecule has 0 radical (unpaired) electrons. The maximum absolute atomic E-state index is 13.9. The summed E-state index contributed by atoms with van der Waals surface area (Å²) >= 11 is 0. The van der Waals surface area contributed by atoms with Crippen molar-refractivity contribution in [3.63, 3.8) is 0 Å². The molecule has 0 aliphatic carbocycles. The maximum atomic E-state index is 13.9. The standard InChI is InChI=1S/C32H31F2N3O8/c1-31(16-42-25-14-28-27(12-21(25)31)44-32(33,34)45-28)30(40)36-23-13-26(43-24-11-19(41-2)4-5-20(23)24)22-6-3-17(15-35-22)29(39)37-9-7-18(38)8-10-37/h3-6,11-12,14-15,18,23,26,38H,7-10,13,16H2,1-2H3,(H,36,40)/t23-,26-,31+/m1/s1. The van der Waals surface area contributed by atoms with Crippen LogP contribution in [-0.4, -0.2) is 66.0 Å². The lowest BCUT2D eigenvalue weighted by Crippen LogP contribution is -2.46. The van der Waals surface area contributed by atoms with Crippen molar-refractivity contribution in [2.24, 2.45) is 0 Å². The van der Waals surface area contributed by atoms with Crippen molar-refractivity contribution in [3.05, 3.63) is 71.0 Å². The van der Waals surface area contributed by atoms with Crippen LogP contribution in [0.25, 0.3) is 0 Å². The quantitative estimate of drug-likeness (QED) is 0.433. The van der Waals surface area contributed by atoms with E-state index in [-0.39, 0.29) is 41.8 Å². The number of aliphatic hydroxyl groups is 1. The Hall–Kier alpha value is -4.65. The number of hydrogen-bond donors (Lipinski definition) is 2. The largest absolute Gasteiger partial charge is 0.586 e.